The molecule has 0 spiro atoms. The van der Waals surface area contributed by atoms with Crippen LogP contribution in [0.15, 0.2) is 18.6 Å². The molecule has 1 aliphatic carbocycles. The van der Waals surface area contributed by atoms with E-state index in [4.69, 9.17) is 0 Å². The van der Waals surface area contributed by atoms with Crippen LogP contribution in [0.2, 0.25) is 0 Å². The third-order valence-corrected chi connectivity index (χ3v) is 3.39. The van der Waals surface area contributed by atoms with E-state index >= 15 is 0 Å². The van der Waals surface area contributed by atoms with Crippen molar-refractivity contribution in [3.05, 3.63) is 18.6 Å². The number of anilines is 1. The Morgan fingerprint density at radius 3 is 2.53 bits per heavy atom. The zero-order valence-electron chi connectivity index (χ0n) is 9.75. The van der Waals surface area contributed by atoms with Crippen molar-refractivity contribution in [2.75, 3.05) is 31.1 Å². The van der Waals surface area contributed by atoms with Crippen LogP contribution in [0.3, 0.4) is 0 Å². The molecule has 1 saturated carbocycles. The van der Waals surface area contributed by atoms with Gasteiger partial charge in [-0.3, -0.25) is 9.78 Å². The number of amides is 1. The van der Waals surface area contributed by atoms with Crippen LogP contribution in [0.4, 0.5) is 5.82 Å². The van der Waals surface area contributed by atoms with Crippen LogP contribution in [0, 0.1) is 5.92 Å². The normalized spacial score (nSPS) is 20.5. The molecule has 2 fully saturated rings. The number of hydrogen-bond donors (Lipinski definition) is 0. The highest BCUT2D eigenvalue weighted by Gasteiger charge is 2.34. The average molecular weight is 232 g/mol. The van der Waals surface area contributed by atoms with E-state index in [-0.39, 0.29) is 0 Å². The van der Waals surface area contributed by atoms with Gasteiger partial charge >= 0.3 is 0 Å². The number of nitrogens with zero attached hydrogens (tertiary/aromatic N) is 4. The third-order valence-electron chi connectivity index (χ3n) is 3.39. The molecule has 3 rings (SSSR count). The Bertz CT molecular complexity index is 396. The lowest BCUT2D eigenvalue weighted by atomic mass is 10.2. The van der Waals surface area contributed by atoms with Gasteiger partial charge in [0.1, 0.15) is 5.82 Å². The fourth-order valence-corrected chi connectivity index (χ4v) is 2.20. The van der Waals surface area contributed by atoms with Crippen molar-refractivity contribution in [3.63, 3.8) is 0 Å². The van der Waals surface area contributed by atoms with E-state index in [1.807, 2.05) is 4.90 Å². The second-order valence-electron chi connectivity index (χ2n) is 4.65. The first-order chi connectivity index (χ1) is 8.34. The minimum absolute atomic E-state index is 0.332. The van der Waals surface area contributed by atoms with E-state index < -0.39 is 0 Å². The van der Waals surface area contributed by atoms with Gasteiger partial charge in [-0.2, -0.15) is 0 Å². The topological polar surface area (TPSA) is 49.3 Å². The number of carbonyl (C=O) groups excluding carboxylic acids is 1. The molecule has 17 heavy (non-hydrogen) atoms. The van der Waals surface area contributed by atoms with Crippen molar-refractivity contribution in [1.29, 1.82) is 0 Å². The predicted molar refractivity (Wildman–Crippen MR) is 63.5 cm³/mol. The van der Waals surface area contributed by atoms with Gasteiger partial charge in [0, 0.05) is 44.5 Å². The van der Waals surface area contributed by atoms with Gasteiger partial charge in [-0.1, -0.05) is 0 Å². The van der Waals surface area contributed by atoms with Crippen LogP contribution in [0.5, 0.6) is 0 Å². The molecule has 5 heteroatoms. The summed E-state index contributed by atoms with van der Waals surface area (Å²) in [5.74, 6) is 1.59. The van der Waals surface area contributed by atoms with Gasteiger partial charge in [0.15, 0.2) is 0 Å². The van der Waals surface area contributed by atoms with E-state index in [1.54, 1.807) is 18.6 Å². The standard InChI is InChI=1S/C12H16N4O/c17-12(10-1-2-10)16-7-5-15(6-8-16)11-9-13-3-4-14-11/h3-4,9-10H,1-2,5-8H2. The average Bonchev–Trinajstić information content (AvgIpc) is 3.24. The van der Waals surface area contributed by atoms with E-state index in [9.17, 15) is 4.79 Å². The Kier molecular flexibility index (Phi) is 2.66. The summed E-state index contributed by atoms with van der Waals surface area (Å²) < 4.78 is 0. The maximum absolute atomic E-state index is 11.9. The van der Waals surface area contributed by atoms with Crippen LogP contribution < -0.4 is 4.90 Å². The molecular formula is C12H16N4O. The van der Waals surface area contributed by atoms with E-state index in [1.165, 1.54) is 0 Å². The van der Waals surface area contributed by atoms with Gasteiger partial charge in [0.2, 0.25) is 5.91 Å². The lowest BCUT2D eigenvalue weighted by Crippen LogP contribution is -2.49. The highest BCUT2D eigenvalue weighted by atomic mass is 16.2. The van der Waals surface area contributed by atoms with Crippen molar-refractivity contribution >= 4 is 11.7 Å². The zero-order valence-corrected chi connectivity index (χ0v) is 9.75. The van der Waals surface area contributed by atoms with Crippen molar-refractivity contribution in [3.8, 4) is 0 Å². The van der Waals surface area contributed by atoms with E-state index in [0.717, 1.165) is 44.8 Å². The van der Waals surface area contributed by atoms with Gasteiger partial charge in [-0.05, 0) is 12.8 Å². The maximum Gasteiger partial charge on any atom is 0.225 e. The van der Waals surface area contributed by atoms with Crippen LogP contribution in [-0.2, 0) is 4.79 Å². The van der Waals surface area contributed by atoms with Crippen LogP contribution in [0.1, 0.15) is 12.8 Å². The second kappa shape index (κ2) is 4.31. The molecule has 1 saturated heterocycles. The number of rotatable bonds is 2. The van der Waals surface area contributed by atoms with Crippen molar-refractivity contribution < 1.29 is 4.79 Å². The minimum atomic E-state index is 0.332. The SMILES string of the molecule is O=C(C1CC1)N1CCN(c2cnccn2)CC1. The Balaban J connectivity index is 1.58. The first-order valence-electron chi connectivity index (χ1n) is 6.14. The Labute approximate surface area is 100 Å². The second-order valence-corrected chi connectivity index (χ2v) is 4.65. The molecular weight excluding hydrogens is 216 g/mol. The minimum Gasteiger partial charge on any atom is -0.352 e. The summed E-state index contributed by atoms with van der Waals surface area (Å²) in [5.41, 5.74) is 0. The Hall–Kier alpha value is -1.65. The summed E-state index contributed by atoms with van der Waals surface area (Å²) in [5, 5.41) is 0. The molecule has 5 nitrogen and oxygen atoms in total. The molecule has 90 valence electrons. The molecule has 1 aromatic heterocycles. The number of piperazine rings is 1. The van der Waals surface area contributed by atoms with Gasteiger partial charge in [-0.15, -0.1) is 0 Å². The quantitative estimate of drug-likeness (QED) is 0.746. The number of carbonyl (C=O) groups is 1. The maximum atomic E-state index is 11.9. The van der Waals surface area contributed by atoms with Gasteiger partial charge in [0.05, 0.1) is 6.20 Å². The zero-order chi connectivity index (χ0) is 11.7. The lowest BCUT2D eigenvalue weighted by molar-refractivity contribution is -0.132. The fraction of sp³-hybridized carbons (Fsp3) is 0.583. The smallest absolute Gasteiger partial charge is 0.225 e. The predicted octanol–water partition coefficient (Wildman–Crippen LogP) is 0.535. The monoisotopic (exact) mass is 232 g/mol. The third kappa shape index (κ3) is 2.23. The van der Waals surface area contributed by atoms with Crippen LogP contribution >= 0.6 is 0 Å². The van der Waals surface area contributed by atoms with Crippen LogP contribution in [-0.4, -0.2) is 47.0 Å². The van der Waals surface area contributed by atoms with E-state index in [2.05, 4.69) is 14.9 Å². The number of aromatic nitrogens is 2. The summed E-state index contributed by atoms with van der Waals surface area (Å²) in [7, 11) is 0. The molecule has 0 bridgehead atoms. The lowest BCUT2D eigenvalue weighted by Gasteiger charge is -2.35. The summed E-state index contributed by atoms with van der Waals surface area (Å²) in [6, 6.07) is 0. The Morgan fingerprint density at radius 2 is 1.94 bits per heavy atom. The summed E-state index contributed by atoms with van der Waals surface area (Å²) in [6.45, 7) is 3.34. The summed E-state index contributed by atoms with van der Waals surface area (Å²) in [6.07, 6.45) is 7.33. The molecule has 1 aromatic rings. The summed E-state index contributed by atoms with van der Waals surface area (Å²) >= 11 is 0. The molecule has 0 unspecified atom stereocenters. The highest BCUT2D eigenvalue weighted by Crippen LogP contribution is 2.31. The molecule has 1 aliphatic heterocycles. The Morgan fingerprint density at radius 1 is 1.18 bits per heavy atom. The number of hydrogen-bond acceptors (Lipinski definition) is 4. The molecule has 0 N–H and O–H groups in total. The molecule has 0 atom stereocenters. The van der Waals surface area contributed by atoms with Gasteiger partial charge in [0.25, 0.3) is 0 Å². The van der Waals surface area contributed by atoms with Gasteiger partial charge < -0.3 is 9.80 Å². The fourth-order valence-electron chi connectivity index (χ4n) is 2.20. The molecule has 2 aliphatic rings. The molecule has 0 aromatic carbocycles. The summed E-state index contributed by atoms with van der Waals surface area (Å²) in [4.78, 5) is 24.4. The van der Waals surface area contributed by atoms with Gasteiger partial charge in [-0.25, -0.2) is 4.98 Å². The highest BCUT2D eigenvalue weighted by molar-refractivity contribution is 5.81. The van der Waals surface area contributed by atoms with E-state index in [0.29, 0.717) is 11.8 Å². The van der Waals surface area contributed by atoms with Crippen molar-refractivity contribution in [2.24, 2.45) is 5.92 Å². The molecule has 2 heterocycles. The first kappa shape index (κ1) is 10.5. The van der Waals surface area contributed by atoms with Crippen LogP contribution in [0.25, 0.3) is 0 Å². The largest absolute Gasteiger partial charge is 0.352 e. The van der Waals surface area contributed by atoms with Crippen molar-refractivity contribution in [1.82, 2.24) is 14.9 Å². The first-order valence-corrected chi connectivity index (χ1v) is 6.14. The van der Waals surface area contributed by atoms with Crippen molar-refractivity contribution in [2.45, 2.75) is 12.8 Å². The molecule has 1 amide bonds. The molecule has 0 radical (unpaired) electrons.